The van der Waals surface area contributed by atoms with E-state index in [1.165, 1.54) is 5.56 Å². The molecule has 2 N–H and O–H groups in total. The number of carbonyl (C=O) groups is 1. The molecule has 2 rings (SSSR count). The molecule has 6 nitrogen and oxygen atoms in total. The van der Waals surface area contributed by atoms with Crippen LogP contribution >= 0.6 is 0 Å². The third-order valence-electron chi connectivity index (χ3n) is 3.87. The first-order valence-electron chi connectivity index (χ1n) is 7.99. The molecule has 0 spiro atoms. The number of hydrogen-bond acceptors (Lipinski definition) is 4. The topological polar surface area (TPSA) is 76.4 Å². The Bertz CT molecular complexity index is 675. The lowest BCUT2D eigenvalue weighted by Gasteiger charge is -2.22. The second-order valence-corrected chi connectivity index (χ2v) is 6.47. The maximum atomic E-state index is 11.9. The Balaban J connectivity index is 1.81. The lowest BCUT2D eigenvalue weighted by Crippen LogP contribution is -2.40. The number of amides is 1. The van der Waals surface area contributed by atoms with Gasteiger partial charge in [0.25, 0.3) is 5.91 Å². The van der Waals surface area contributed by atoms with E-state index in [1.54, 1.807) is 31.0 Å². The Kier molecular flexibility index (Phi) is 5.62. The molecule has 130 valence electrons. The van der Waals surface area contributed by atoms with Gasteiger partial charge in [0.2, 0.25) is 0 Å². The van der Waals surface area contributed by atoms with Gasteiger partial charge in [-0.05, 0) is 30.5 Å². The van der Waals surface area contributed by atoms with Crippen LogP contribution in [0.1, 0.15) is 37.8 Å². The van der Waals surface area contributed by atoms with Gasteiger partial charge in [0.05, 0.1) is 12.7 Å². The number of aryl methyl sites for hydroxylation is 1. The van der Waals surface area contributed by atoms with E-state index < -0.39 is 5.60 Å². The summed E-state index contributed by atoms with van der Waals surface area (Å²) in [4.78, 5) is 11.9. The molecular weight excluding hydrogens is 306 g/mol. The van der Waals surface area contributed by atoms with Crippen LogP contribution in [0.3, 0.4) is 0 Å². The Hall–Kier alpha value is -2.34. The summed E-state index contributed by atoms with van der Waals surface area (Å²) in [6, 6.07) is 7.69. The molecule has 0 aliphatic carbocycles. The van der Waals surface area contributed by atoms with Crippen molar-refractivity contribution in [3.8, 4) is 5.75 Å². The summed E-state index contributed by atoms with van der Waals surface area (Å²) in [6.45, 7) is 5.88. The number of rotatable bonds is 7. The van der Waals surface area contributed by atoms with Crippen molar-refractivity contribution in [2.24, 2.45) is 7.05 Å². The van der Waals surface area contributed by atoms with E-state index in [1.807, 2.05) is 24.3 Å². The van der Waals surface area contributed by atoms with E-state index in [-0.39, 0.29) is 19.1 Å². The van der Waals surface area contributed by atoms with Gasteiger partial charge in [-0.1, -0.05) is 26.0 Å². The summed E-state index contributed by atoms with van der Waals surface area (Å²) < 4.78 is 7.07. The van der Waals surface area contributed by atoms with Crippen LogP contribution in [0.15, 0.2) is 36.7 Å². The van der Waals surface area contributed by atoms with E-state index in [9.17, 15) is 9.90 Å². The third-order valence-corrected chi connectivity index (χ3v) is 3.87. The van der Waals surface area contributed by atoms with Crippen LogP contribution in [0.4, 0.5) is 0 Å². The monoisotopic (exact) mass is 331 g/mol. The predicted octanol–water partition coefficient (Wildman–Crippen LogP) is 1.95. The largest absolute Gasteiger partial charge is 0.484 e. The number of aliphatic hydroxyl groups is 1. The van der Waals surface area contributed by atoms with E-state index in [2.05, 4.69) is 24.3 Å². The molecule has 1 aromatic heterocycles. The normalized spacial score (nSPS) is 13.6. The highest BCUT2D eigenvalue weighted by Crippen LogP contribution is 2.19. The van der Waals surface area contributed by atoms with Crippen LogP contribution in [0.5, 0.6) is 5.75 Å². The van der Waals surface area contributed by atoms with Crippen molar-refractivity contribution in [1.29, 1.82) is 0 Å². The minimum absolute atomic E-state index is 0.0905. The van der Waals surface area contributed by atoms with Crippen LogP contribution in [0.25, 0.3) is 0 Å². The molecular formula is C18H25N3O3. The summed E-state index contributed by atoms with van der Waals surface area (Å²) in [6.07, 6.45) is 3.30. The molecule has 0 aliphatic heterocycles. The second kappa shape index (κ2) is 7.49. The molecule has 0 saturated carbocycles. The maximum Gasteiger partial charge on any atom is 0.258 e. The molecule has 0 fully saturated rings. The average Bonchev–Trinajstić information content (AvgIpc) is 2.99. The summed E-state index contributed by atoms with van der Waals surface area (Å²) in [5.41, 5.74) is 0.692. The number of nitrogens with one attached hydrogen (secondary N) is 1. The Morgan fingerprint density at radius 1 is 1.38 bits per heavy atom. The van der Waals surface area contributed by atoms with Gasteiger partial charge < -0.3 is 15.2 Å². The molecule has 0 aliphatic rings. The number of benzene rings is 1. The van der Waals surface area contributed by atoms with Gasteiger partial charge in [-0.2, -0.15) is 5.10 Å². The summed E-state index contributed by atoms with van der Waals surface area (Å²) in [7, 11) is 1.77. The molecule has 1 unspecified atom stereocenters. The fourth-order valence-corrected chi connectivity index (χ4v) is 2.22. The molecule has 6 heteroatoms. The highest BCUT2D eigenvalue weighted by Gasteiger charge is 2.25. The van der Waals surface area contributed by atoms with Crippen LogP contribution in [0.2, 0.25) is 0 Å². The fourth-order valence-electron chi connectivity index (χ4n) is 2.22. The van der Waals surface area contributed by atoms with Crippen molar-refractivity contribution in [1.82, 2.24) is 15.1 Å². The average molecular weight is 331 g/mol. The SMILES string of the molecule is CC(C)c1ccc(OCC(=O)NCC(C)(O)c2cnn(C)c2)cc1. The van der Waals surface area contributed by atoms with Crippen molar-refractivity contribution in [2.75, 3.05) is 13.2 Å². The van der Waals surface area contributed by atoms with Gasteiger partial charge in [0, 0.05) is 18.8 Å². The highest BCUT2D eigenvalue weighted by atomic mass is 16.5. The standard InChI is InChI=1S/C18H25N3O3/c1-13(2)14-5-7-16(8-6-14)24-11-17(22)19-12-18(3,23)15-9-20-21(4)10-15/h5-10,13,23H,11-12H2,1-4H3,(H,19,22). The molecule has 1 heterocycles. The highest BCUT2D eigenvalue weighted by molar-refractivity contribution is 5.77. The lowest BCUT2D eigenvalue weighted by molar-refractivity contribution is -0.124. The predicted molar refractivity (Wildman–Crippen MR) is 91.8 cm³/mol. The second-order valence-electron chi connectivity index (χ2n) is 6.47. The van der Waals surface area contributed by atoms with Crippen LogP contribution in [0, 0.1) is 0 Å². The zero-order valence-corrected chi connectivity index (χ0v) is 14.6. The van der Waals surface area contributed by atoms with Crippen molar-refractivity contribution >= 4 is 5.91 Å². The zero-order valence-electron chi connectivity index (χ0n) is 14.6. The minimum Gasteiger partial charge on any atom is -0.484 e. The van der Waals surface area contributed by atoms with Crippen LogP contribution in [-0.2, 0) is 17.4 Å². The van der Waals surface area contributed by atoms with Gasteiger partial charge in [-0.3, -0.25) is 9.48 Å². The van der Waals surface area contributed by atoms with E-state index >= 15 is 0 Å². The Labute approximate surface area is 142 Å². The molecule has 0 saturated heterocycles. The molecule has 24 heavy (non-hydrogen) atoms. The first-order valence-corrected chi connectivity index (χ1v) is 7.99. The Morgan fingerprint density at radius 2 is 2.04 bits per heavy atom. The minimum atomic E-state index is -1.18. The van der Waals surface area contributed by atoms with Gasteiger partial charge in [-0.25, -0.2) is 0 Å². The van der Waals surface area contributed by atoms with E-state index in [0.29, 0.717) is 17.2 Å². The fraction of sp³-hybridized carbons (Fsp3) is 0.444. The number of ether oxygens (including phenoxy) is 1. The first kappa shape index (κ1) is 18.0. The molecule has 1 amide bonds. The van der Waals surface area contributed by atoms with Crippen LogP contribution < -0.4 is 10.1 Å². The van der Waals surface area contributed by atoms with Gasteiger partial charge in [-0.15, -0.1) is 0 Å². The molecule has 0 radical (unpaired) electrons. The lowest BCUT2D eigenvalue weighted by atomic mass is 10.00. The molecule has 1 atom stereocenters. The van der Waals surface area contributed by atoms with E-state index in [4.69, 9.17) is 4.74 Å². The number of carbonyl (C=O) groups excluding carboxylic acids is 1. The van der Waals surface area contributed by atoms with Crippen LogP contribution in [-0.4, -0.2) is 33.9 Å². The van der Waals surface area contributed by atoms with Gasteiger partial charge >= 0.3 is 0 Å². The van der Waals surface area contributed by atoms with Crippen molar-refractivity contribution < 1.29 is 14.6 Å². The summed E-state index contributed by atoms with van der Waals surface area (Å²) in [5.74, 6) is 0.817. The zero-order chi connectivity index (χ0) is 17.7. The summed E-state index contributed by atoms with van der Waals surface area (Å²) in [5, 5.41) is 17.1. The van der Waals surface area contributed by atoms with Gasteiger partial charge in [0.1, 0.15) is 11.4 Å². The van der Waals surface area contributed by atoms with E-state index in [0.717, 1.165) is 0 Å². The first-order chi connectivity index (χ1) is 11.3. The smallest absolute Gasteiger partial charge is 0.258 e. The van der Waals surface area contributed by atoms with Crippen molar-refractivity contribution in [3.63, 3.8) is 0 Å². The van der Waals surface area contributed by atoms with Gasteiger partial charge in [0.15, 0.2) is 6.61 Å². The number of hydrogen-bond donors (Lipinski definition) is 2. The third kappa shape index (κ3) is 4.83. The quantitative estimate of drug-likeness (QED) is 0.813. The molecule has 2 aromatic rings. The molecule has 1 aromatic carbocycles. The maximum absolute atomic E-state index is 11.9. The Morgan fingerprint density at radius 3 is 2.58 bits per heavy atom. The number of nitrogens with zero attached hydrogens (tertiary/aromatic N) is 2. The van der Waals surface area contributed by atoms with Crippen molar-refractivity contribution in [3.05, 3.63) is 47.8 Å². The number of aromatic nitrogens is 2. The van der Waals surface area contributed by atoms with Crippen molar-refractivity contribution in [2.45, 2.75) is 32.3 Å². The molecule has 0 bridgehead atoms. The summed E-state index contributed by atoms with van der Waals surface area (Å²) >= 11 is 0.